The first kappa shape index (κ1) is 52.8. The van der Waals surface area contributed by atoms with Gasteiger partial charge in [-0.15, -0.1) is 6.58 Å². The summed E-state index contributed by atoms with van der Waals surface area (Å²) in [4.78, 5) is 27.3. The highest BCUT2D eigenvalue weighted by Gasteiger charge is 2.35. The Labute approximate surface area is 392 Å². The van der Waals surface area contributed by atoms with Crippen molar-refractivity contribution in [1.29, 1.82) is 0 Å². The second kappa shape index (κ2) is 24.6. The lowest BCUT2D eigenvalue weighted by molar-refractivity contribution is -0.126. The molecule has 0 radical (unpaired) electrons. The quantitative estimate of drug-likeness (QED) is 0.0358. The lowest BCUT2D eigenvalue weighted by Crippen LogP contribution is -2.62. The molecule has 0 aliphatic carbocycles. The van der Waals surface area contributed by atoms with Crippen molar-refractivity contribution >= 4 is 28.2 Å². The number of carbonyl (C=O) groups excluding carboxylic acids is 1. The van der Waals surface area contributed by atoms with Gasteiger partial charge >= 0.3 is 0 Å². The number of rotatable bonds is 26. The molecule has 4 unspecified atom stereocenters. The van der Waals surface area contributed by atoms with Crippen molar-refractivity contribution in [3.63, 3.8) is 0 Å². The third kappa shape index (κ3) is 13.9. The molecular weight excluding hydrogens is 807 g/mol. The van der Waals surface area contributed by atoms with Crippen LogP contribution in [0, 0.1) is 11.3 Å². The van der Waals surface area contributed by atoms with Gasteiger partial charge in [0.15, 0.2) is 0 Å². The average molecular weight is 890 g/mol. The summed E-state index contributed by atoms with van der Waals surface area (Å²) in [6.07, 6.45) is 15.5. The molecule has 1 amide bonds. The number of pyridine rings is 1. The Morgan fingerprint density at radius 3 is 2.54 bits per heavy atom. The minimum Gasteiger partial charge on any atom is -0.387 e. The molecule has 3 aromatic rings. The van der Waals surface area contributed by atoms with Crippen molar-refractivity contribution < 1.29 is 9.53 Å². The van der Waals surface area contributed by atoms with E-state index in [2.05, 4.69) is 150 Å². The first-order chi connectivity index (χ1) is 31.0. The van der Waals surface area contributed by atoms with Crippen LogP contribution in [-0.4, -0.2) is 89.1 Å². The second-order valence-electron chi connectivity index (χ2n) is 19.2. The minimum atomic E-state index is -0.521. The van der Waals surface area contributed by atoms with E-state index in [-0.39, 0.29) is 35.4 Å². The zero-order chi connectivity index (χ0) is 47.9. The summed E-state index contributed by atoms with van der Waals surface area (Å²) in [5.41, 5.74) is 16.5. The van der Waals surface area contributed by atoms with Crippen LogP contribution in [0.3, 0.4) is 0 Å². The van der Waals surface area contributed by atoms with Crippen molar-refractivity contribution in [2.24, 2.45) is 16.3 Å². The molecule has 1 aromatic carbocycles. The molecule has 3 heterocycles. The van der Waals surface area contributed by atoms with Gasteiger partial charge in [0.2, 0.25) is 5.91 Å². The van der Waals surface area contributed by atoms with E-state index in [0.29, 0.717) is 26.1 Å². The molecule has 1 fully saturated rings. The van der Waals surface area contributed by atoms with Gasteiger partial charge in [0, 0.05) is 91.9 Å². The predicted octanol–water partition coefficient (Wildman–Crippen LogP) is 10.3. The number of hydrazine groups is 1. The van der Waals surface area contributed by atoms with Crippen LogP contribution in [0.2, 0.25) is 0 Å². The van der Waals surface area contributed by atoms with E-state index in [0.717, 1.165) is 85.5 Å². The second-order valence-corrected chi connectivity index (χ2v) is 19.2. The molecule has 11 heteroatoms. The standard InChI is InChI=1S/C54H83N9O2/c1-16-21-28-53(12,13)36-46-45-34-43(26-27-48(45)63(20-5)52(46)44-25-24-30-56-50(44)42(11)65-15)47(17-2)58-39(8)35-54(29-22-23-31-57-60-54)59-41(10)51(38(6)7)61(14)32-33-62(49(64)18-3)37-40(9)55-19-4/h16-19,24-27,30,34,38,40,42,51,55,57,59-60H,1,3-4,10,20-23,28-29,31-33,35-37H2,2,5-9,11-15H3/b47-17-,58-39?. The number of methoxy groups -OCH3 is 1. The number of aromatic nitrogens is 2. The van der Waals surface area contributed by atoms with E-state index in [4.69, 9.17) is 14.7 Å². The predicted molar refractivity (Wildman–Crippen MR) is 275 cm³/mol. The van der Waals surface area contributed by atoms with Crippen molar-refractivity contribution in [3.05, 3.63) is 110 Å². The number of nitrogens with zero attached hydrogens (tertiary/aromatic N) is 5. The number of likely N-dealkylation sites (N-methyl/N-ethyl adjacent to an activating group) is 1. The van der Waals surface area contributed by atoms with Crippen LogP contribution in [0.5, 0.6) is 0 Å². The fourth-order valence-corrected chi connectivity index (χ4v) is 9.68. The van der Waals surface area contributed by atoms with E-state index in [9.17, 15) is 4.79 Å². The fourth-order valence-electron chi connectivity index (χ4n) is 9.68. The lowest BCUT2D eigenvalue weighted by atomic mass is 9.80. The average Bonchev–Trinajstić information content (AvgIpc) is 3.38. The number of hydrogen-bond acceptors (Lipinski definition) is 9. The molecule has 1 aliphatic rings. The summed E-state index contributed by atoms with van der Waals surface area (Å²) in [6.45, 7) is 39.5. The third-order valence-corrected chi connectivity index (χ3v) is 12.9. The van der Waals surface area contributed by atoms with Gasteiger partial charge in [-0.3, -0.25) is 25.1 Å². The van der Waals surface area contributed by atoms with Crippen LogP contribution < -0.4 is 21.5 Å². The van der Waals surface area contributed by atoms with Crippen LogP contribution in [0.4, 0.5) is 0 Å². The number of benzene rings is 1. The largest absolute Gasteiger partial charge is 0.387 e. The number of aryl methyl sites for hydroxylation is 1. The molecule has 4 atom stereocenters. The number of nitrogens with one attached hydrogen (secondary N) is 4. The van der Waals surface area contributed by atoms with Crippen molar-refractivity contribution in [1.82, 2.24) is 40.8 Å². The van der Waals surface area contributed by atoms with E-state index in [1.807, 2.05) is 30.2 Å². The number of hydrogen-bond donors (Lipinski definition) is 4. The third-order valence-electron chi connectivity index (χ3n) is 12.9. The highest BCUT2D eigenvalue weighted by molar-refractivity contribution is 5.96. The summed E-state index contributed by atoms with van der Waals surface area (Å²) in [5.74, 6) is 0.175. The molecule has 0 bridgehead atoms. The molecule has 4 N–H and O–H groups in total. The number of allylic oxidation sites excluding steroid dienone is 2. The highest BCUT2D eigenvalue weighted by Crippen LogP contribution is 2.42. The van der Waals surface area contributed by atoms with E-state index < -0.39 is 5.66 Å². The molecule has 2 aromatic heterocycles. The lowest BCUT2D eigenvalue weighted by Gasteiger charge is -2.41. The maximum absolute atomic E-state index is 12.9. The van der Waals surface area contributed by atoms with Crippen LogP contribution in [0.25, 0.3) is 27.9 Å². The molecule has 0 saturated carbocycles. The zero-order valence-electron chi connectivity index (χ0n) is 41.9. The van der Waals surface area contributed by atoms with Crippen molar-refractivity contribution in [2.45, 2.75) is 138 Å². The molecule has 1 aliphatic heterocycles. The van der Waals surface area contributed by atoms with Gasteiger partial charge in [-0.25, -0.2) is 5.43 Å². The van der Waals surface area contributed by atoms with E-state index in [1.165, 1.54) is 28.2 Å². The van der Waals surface area contributed by atoms with Crippen LogP contribution in [0.1, 0.15) is 124 Å². The first-order valence-corrected chi connectivity index (χ1v) is 23.9. The Morgan fingerprint density at radius 1 is 1.14 bits per heavy atom. The van der Waals surface area contributed by atoms with Gasteiger partial charge < -0.3 is 24.8 Å². The van der Waals surface area contributed by atoms with E-state index in [1.54, 1.807) is 13.3 Å². The van der Waals surface area contributed by atoms with Gasteiger partial charge in [0.05, 0.1) is 29.2 Å². The van der Waals surface area contributed by atoms with E-state index >= 15 is 0 Å². The SMILES string of the molecule is C=CCCC(C)(C)Cc1c(-c2cccnc2C(C)OC)n(CC)c2ccc(/C(=C/C)N=C(C)CC3(NC(=C)C(C(C)C)N(C)CCN(CC(C)NC=C)C(=O)C=C)CCCCNN3)cc12. The summed E-state index contributed by atoms with van der Waals surface area (Å²) < 4.78 is 8.32. The number of ether oxygens (including phenoxy) is 1. The number of aliphatic imine (C=N–C) groups is 1. The Hall–Kier alpha value is -4.81. The molecule has 11 nitrogen and oxygen atoms in total. The maximum atomic E-state index is 12.9. The Balaban J connectivity index is 1.72. The monoisotopic (exact) mass is 890 g/mol. The van der Waals surface area contributed by atoms with Gasteiger partial charge in [0.1, 0.15) is 5.66 Å². The van der Waals surface area contributed by atoms with Crippen LogP contribution in [-0.2, 0) is 22.5 Å². The molecular formula is C54H83N9O2. The summed E-state index contributed by atoms with van der Waals surface area (Å²) in [7, 11) is 3.87. The number of amides is 1. The smallest absolute Gasteiger partial charge is 0.246 e. The van der Waals surface area contributed by atoms with Crippen LogP contribution in [0.15, 0.2) is 98.0 Å². The molecule has 356 valence electrons. The molecule has 4 rings (SSSR count). The van der Waals surface area contributed by atoms with Gasteiger partial charge in [0.25, 0.3) is 0 Å². The normalized spacial score (nSPS) is 17.7. The zero-order valence-corrected chi connectivity index (χ0v) is 41.9. The van der Waals surface area contributed by atoms with Gasteiger partial charge in [-0.2, -0.15) is 0 Å². The minimum absolute atomic E-state index is 0.00752. The maximum Gasteiger partial charge on any atom is 0.246 e. The Morgan fingerprint density at radius 2 is 1.89 bits per heavy atom. The fraction of sp³-hybridized carbons (Fsp3) is 0.537. The molecule has 65 heavy (non-hydrogen) atoms. The van der Waals surface area contributed by atoms with Crippen molar-refractivity contribution in [2.75, 3.05) is 40.3 Å². The van der Waals surface area contributed by atoms with Crippen LogP contribution >= 0.6 is 0 Å². The number of fused-ring (bicyclic) bond motifs is 1. The van der Waals surface area contributed by atoms with Gasteiger partial charge in [-0.1, -0.05) is 65.7 Å². The first-order valence-electron chi connectivity index (χ1n) is 23.9. The molecule has 1 saturated heterocycles. The summed E-state index contributed by atoms with van der Waals surface area (Å²) >= 11 is 0. The highest BCUT2D eigenvalue weighted by atomic mass is 16.5. The number of carbonyl (C=O) groups is 1. The Kier molecular flexibility index (Phi) is 20.0. The Bertz CT molecular complexity index is 2140. The summed E-state index contributed by atoms with van der Waals surface area (Å²) in [5, 5.41) is 8.37. The topological polar surface area (TPSA) is 111 Å². The van der Waals surface area contributed by atoms with Crippen molar-refractivity contribution in [3.8, 4) is 11.3 Å². The van der Waals surface area contributed by atoms with Gasteiger partial charge in [-0.05, 0) is 134 Å². The summed E-state index contributed by atoms with van der Waals surface area (Å²) in [6, 6.07) is 11.2. The molecule has 0 spiro atoms.